The first-order valence-electron chi connectivity index (χ1n) is 6.67. The van der Waals surface area contributed by atoms with E-state index in [0.29, 0.717) is 16.7 Å². The lowest BCUT2D eigenvalue weighted by Gasteiger charge is -2.10. The average Bonchev–Trinajstić information content (AvgIpc) is 2.55. The van der Waals surface area contributed by atoms with Crippen LogP contribution in [0.3, 0.4) is 0 Å². The van der Waals surface area contributed by atoms with Gasteiger partial charge >= 0.3 is 6.36 Å². The molecule has 24 heavy (non-hydrogen) atoms. The van der Waals surface area contributed by atoms with Crippen molar-refractivity contribution in [2.75, 3.05) is 0 Å². The molecule has 0 radical (unpaired) electrons. The Kier molecular flexibility index (Phi) is 4.96. The molecule has 0 aliphatic rings. The summed E-state index contributed by atoms with van der Waals surface area (Å²) in [5.41, 5.74) is 10.2. The molecule has 0 aliphatic heterocycles. The van der Waals surface area contributed by atoms with Gasteiger partial charge < -0.3 is 15.9 Å². The van der Waals surface area contributed by atoms with Crippen LogP contribution in [0.4, 0.5) is 13.2 Å². The highest BCUT2D eigenvalue weighted by molar-refractivity contribution is 5.74. The Morgan fingerprint density at radius 3 is 2.29 bits per heavy atom. The quantitative estimate of drug-likeness (QED) is 0.454. The minimum absolute atomic E-state index is 0.0149. The summed E-state index contributed by atoms with van der Waals surface area (Å²) in [6, 6.07) is 14.1. The van der Waals surface area contributed by atoms with Crippen molar-refractivity contribution >= 4 is 5.70 Å². The molecule has 2 aromatic carbocycles. The molecular formula is C16H13F3N4O. The monoisotopic (exact) mass is 334 g/mol. The number of nitrogens with two attached hydrogens (primary N) is 2. The van der Waals surface area contributed by atoms with Gasteiger partial charge in [-0.2, -0.15) is 5.26 Å². The summed E-state index contributed by atoms with van der Waals surface area (Å²) in [7, 11) is 0. The van der Waals surface area contributed by atoms with Gasteiger partial charge in [0, 0.05) is 5.56 Å². The second-order valence-electron chi connectivity index (χ2n) is 4.70. The summed E-state index contributed by atoms with van der Waals surface area (Å²) in [6.07, 6.45) is -4.73. The fourth-order valence-electron chi connectivity index (χ4n) is 2.03. The second-order valence-corrected chi connectivity index (χ2v) is 4.70. The molecule has 5 nitrogen and oxygen atoms in total. The van der Waals surface area contributed by atoms with Crippen LogP contribution < -0.4 is 21.7 Å². The van der Waals surface area contributed by atoms with Crippen LogP contribution in [0.1, 0.15) is 5.56 Å². The van der Waals surface area contributed by atoms with E-state index in [9.17, 15) is 13.2 Å². The number of alkyl halides is 3. The van der Waals surface area contributed by atoms with Crippen molar-refractivity contribution in [2.45, 2.75) is 6.36 Å². The van der Waals surface area contributed by atoms with Gasteiger partial charge in [-0.05, 0) is 29.3 Å². The number of nitrogens with one attached hydrogen (secondary N) is 1. The van der Waals surface area contributed by atoms with Crippen LogP contribution in [0.5, 0.6) is 5.75 Å². The van der Waals surface area contributed by atoms with Crippen molar-refractivity contribution in [3.8, 4) is 22.9 Å². The smallest absolute Gasteiger partial charge is 0.406 e. The molecule has 2 rings (SSSR count). The maximum Gasteiger partial charge on any atom is 0.573 e. The summed E-state index contributed by atoms with van der Waals surface area (Å²) in [5, 5.41) is 8.93. The maximum absolute atomic E-state index is 12.2. The first-order valence-corrected chi connectivity index (χ1v) is 6.67. The predicted molar refractivity (Wildman–Crippen MR) is 82.6 cm³/mol. The molecule has 124 valence electrons. The van der Waals surface area contributed by atoms with Crippen molar-refractivity contribution in [3.05, 3.63) is 59.8 Å². The Bertz CT molecular complexity index is 792. The number of hydrogen-bond acceptors (Lipinski definition) is 5. The highest BCUT2D eigenvalue weighted by Crippen LogP contribution is 2.27. The summed E-state index contributed by atoms with van der Waals surface area (Å²) < 4.78 is 40.3. The number of hydrazine groups is 1. The molecule has 0 aromatic heterocycles. The second kappa shape index (κ2) is 6.93. The Balaban J connectivity index is 2.33. The molecular weight excluding hydrogens is 321 g/mol. The van der Waals surface area contributed by atoms with Gasteiger partial charge in [0.15, 0.2) is 5.70 Å². The zero-order valence-corrected chi connectivity index (χ0v) is 12.3. The lowest BCUT2D eigenvalue weighted by Crippen LogP contribution is -2.23. The molecule has 0 saturated heterocycles. The van der Waals surface area contributed by atoms with E-state index in [-0.39, 0.29) is 17.1 Å². The van der Waals surface area contributed by atoms with Crippen LogP contribution in [-0.4, -0.2) is 6.36 Å². The largest absolute Gasteiger partial charge is 0.573 e. The first kappa shape index (κ1) is 17.2. The predicted octanol–water partition coefficient (Wildman–Crippen LogP) is 2.87. The number of hydrogen-bond donors (Lipinski definition) is 3. The van der Waals surface area contributed by atoms with Gasteiger partial charge in [0.25, 0.3) is 0 Å². The SMILES string of the molecule is N#C/C(NN)=C(/N)c1cccc(-c2ccc(OC(F)(F)F)cc2)c1. The van der Waals surface area contributed by atoms with Gasteiger partial charge in [0.2, 0.25) is 0 Å². The molecule has 0 spiro atoms. The third-order valence-electron chi connectivity index (χ3n) is 3.12. The zero-order chi connectivity index (χ0) is 17.7. The van der Waals surface area contributed by atoms with Gasteiger partial charge in [0.05, 0.1) is 5.70 Å². The summed E-state index contributed by atoms with van der Waals surface area (Å²) in [5.74, 6) is 4.92. The molecule has 0 atom stereocenters. The van der Waals surface area contributed by atoms with Gasteiger partial charge in [-0.15, -0.1) is 13.2 Å². The normalized spacial score (nSPS) is 12.1. The number of rotatable bonds is 4. The molecule has 0 heterocycles. The van der Waals surface area contributed by atoms with Crippen LogP contribution in [0.25, 0.3) is 16.8 Å². The van der Waals surface area contributed by atoms with E-state index < -0.39 is 6.36 Å². The lowest BCUT2D eigenvalue weighted by molar-refractivity contribution is -0.274. The number of ether oxygens (including phenoxy) is 1. The lowest BCUT2D eigenvalue weighted by atomic mass is 10.0. The van der Waals surface area contributed by atoms with Crippen LogP contribution in [0.2, 0.25) is 0 Å². The van der Waals surface area contributed by atoms with E-state index in [2.05, 4.69) is 10.2 Å². The summed E-state index contributed by atoms with van der Waals surface area (Å²) >= 11 is 0. The van der Waals surface area contributed by atoms with Crippen molar-refractivity contribution in [2.24, 2.45) is 11.6 Å². The van der Waals surface area contributed by atoms with Gasteiger partial charge in [-0.1, -0.05) is 30.3 Å². The number of nitriles is 1. The third-order valence-corrected chi connectivity index (χ3v) is 3.12. The topological polar surface area (TPSA) is 97.1 Å². The van der Waals surface area contributed by atoms with Crippen molar-refractivity contribution in [1.29, 1.82) is 5.26 Å². The van der Waals surface area contributed by atoms with Crippen LogP contribution in [0.15, 0.2) is 54.2 Å². The molecule has 8 heteroatoms. The molecule has 0 amide bonds. The molecule has 2 aromatic rings. The fourth-order valence-corrected chi connectivity index (χ4v) is 2.03. The van der Waals surface area contributed by atoms with Gasteiger partial charge in [-0.25, -0.2) is 5.84 Å². The number of allylic oxidation sites excluding steroid dienone is 1. The van der Waals surface area contributed by atoms with E-state index in [1.165, 1.54) is 24.3 Å². The fraction of sp³-hybridized carbons (Fsp3) is 0.0625. The third kappa shape index (κ3) is 4.18. The minimum Gasteiger partial charge on any atom is -0.406 e. The molecule has 0 aliphatic carbocycles. The summed E-state index contributed by atoms with van der Waals surface area (Å²) in [6.45, 7) is 0. The van der Waals surface area contributed by atoms with E-state index in [1.54, 1.807) is 24.3 Å². The van der Waals surface area contributed by atoms with Crippen molar-refractivity contribution < 1.29 is 17.9 Å². The number of nitrogens with zero attached hydrogens (tertiary/aromatic N) is 1. The number of benzene rings is 2. The molecule has 5 N–H and O–H groups in total. The minimum atomic E-state index is -4.73. The Morgan fingerprint density at radius 2 is 1.75 bits per heavy atom. The summed E-state index contributed by atoms with van der Waals surface area (Å²) in [4.78, 5) is 0. The van der Waals surface area contributed by atoms with E-state index in [4.69, 9.17) is 16.8 Å². The van der Waals surface area contributed by atoms with Crippen LogP contribution in [-0.2, 0) is 0 Å². The molecule has 0 fully saturated rings. The van der Waals surface area contributed by atoms with Crippen LogP contribution in [0, 0.1) is 11.3 Å². The van der Waals surface area contributed by atoms with Crippen molar-refractivity contribution in [3.63, 3.8) is 0 Å². The highest BCUT2D eigenvalue weighted by Gasteiger charge is 2.30. The molecule has 0 saturated carbocycles. The van der Waals surface area contributed by atoms with Crippen molar-refractivity contribution in [1.82, 2.24) is 5.43 Å². The highest BCUT2D eigenvalue weighted by atomic mass is 19.4. The molecule has 0 bridgehead atoms. The van der Waals surface area contributed by atoms with E-state index >= 15 is 0 Å². The van der Waals surface area contributed by atoms with E-state index in [1.807, 2.05) is 6.07 Å². The average molecular weight is 334 g/mol. The molecule has 0 unspecified atom stereocenters. The van der Waals surface area contributed by atoms with Gasteiger partial charge in [0.1, 0.15) is 11.8 Å². The van der Waals surface area contributed by atoms with E-state index in [0.717, 1.165) is 0 Å². The number of halogens is 3. The Hall–Kier alpha value is -3.18. The first-order chi connectivity index (χ1) is 11.3. The van der Waals surface area contributed by atoms with Gasteiger partial charge in [-0.3, -0.25) is 0 Å². The Labute approximate surface area is 135 Å². The zero-order valence-electron chi connectivity index (χ0n) is 12.3. The standard InChI is InChI=1S/C16H13F3N4O/c17-16(18,19)24-13-6-4-10(5-7-13)11-2-1-3-12(8-11)15(21)14(9-20)23-22/h1-8,23H,21-22H2/b15-14-. The maximum atomic E-state index is 12.2. The Morgan fingerprint density at radius 1 is 1.08 bits per heavy atom. The van der Waals surface area contributed by atoms with Crippen LogP contribution >= 0.6 is 0 Å².